The number of benzene rings is 1. The first kappa shape index (κ1) is 27.7. The van der Waals surface area contributed by atoms with E-state index in [0.29, 0.717) is 31.1 Å². The topological polar surface area (TPSA) is 73.0 Å². The first-order chi connectivity index (χ1) is 17.9. The molecule has 0 radical (unpaired) electrons. The third-order valence-corrected chi connectivity index (χ3v) is 7.59. The zero-order valence-electron chi connectivity index (χ0n) is 22.1. The zero-order valence-corrected chi connectivity index (χ0v) is 22.1. The van der Waals surface area contributed by atoms with Crippen molar-refractivity contribution in [1.82, 2.24) is 20.0 Å². The summed E-state index contributed by atoms with van der Waals surface area (Å²) in [7, 11) is 0. The van der Waals surface area contributed by atoms with E-state index in [0.717, 1.165) is 18.9 Å². The summed E-state index contributed by atoms with van der Waals surface area (Å²) in [6, 6.07) is 2.26. The van der Waals surface area contributed by atoms with Gasteiger partial charge in [-0.25, -0.2) is 4.79 Å². The molecule has 3 aliphatic rings. The monoisotopic (exact) mass is 532 g/mol. The lowest BCUT2D eigenvalue weighted by atomic mass is 9.91. The molecule has 3 heterocycles. The summed E-state index contributed by atoms with van der Waals surface area (Å²) in [4.78, 5) is 45.4. The Kier molecular flexibility index (Phi) is 7.90. The van der Waals surface area contributed by atoms with E-state index in [1.807, 2.05) is 13.8 Å². The second kappa shape index (κ2) is 10.8. The highest BCUT2D eigenvalue weighted by Crippen LogP contribution is 2.42. The highest BCUT2D eigenvalue weighted by atomic mass is 19.4. The van der Waals surface area contributed by atoms with Gasteiger partial charge in [-0.3, -0.25) is 14.5 Å². The van der Waals surface area contributed by atoms with Crippen LogP contribution in [0, 0.1) is 11.8 Å². The number of hydrogen-bond acceptors (Lipinski definition) is 3. The molecule has 1 N–H and O–H groups in total. The number of urea groups is 1. The normalized spacial score (nSPS) is 21.7. The van der Waals surface area contributed by atoms with E-state index in [1.54, 1.807) is 4.90 Å². The highest BCUT2D eigenvalue weighted by Gasteiger charge is 2.49. The first-order valence-corrected chi connectivity index (χ1v) is 13.1. The van der Waals surface area contributed by atoms with E-state index in [2.05, 4.69) is 18.8 Å². The van der Waals surface area contributed by atoms with Gasteiger partial charge in [-0.2, -0.15) is 13.2 Å². The largest absolute Gasteiger partial charge is 0.416 e. The number of amides is 4. The Bertz CT molecular complexity index is 1140. The smallest absolute Gasteiger partial charge is 0.341 e. The summed E-state index contributed by atoms with van der Waals surface area (Å²) in [5, 5.41) is 2.62. The molecule has 1 saturated heterocycles. The van der Waals surface area contributed by atoms with Crippen molar-refractivity contribution >= 4 is 17.8 Å². The van der Waals surface area contributed by atoms with Gasteiger partial charge in [-0.1, -0.05) is 45.0 Å². The lowest BCUT2D eigenvalue weighted by molar-refractivity contribution is -0.144. The summed E-state index contributed by atoms with van der Waals surface area (Å²) in [6.45, 7) is 11.0. The van der Waals surface area contributed by atoms with Crippen molar-refractivity contribution in [2.75, 3.05) is 26.2 Å². The molecule has 3 aliphatic heterocycles. The molecule has 4 amide bonds. The molecule has 1 aromatic carbocycles. The zero-order chi connectivity index (χ0) is 27.8. The lowest BCUT2D eigenvalue weighted by Gasteiger charge is -2.37. The Morgan fingerprint density at radius 1 is 1.18 bits per heavy atom. The molecule has 0 unspecified atom stereocenters. The van der Waals surface area contributed by atoms with Gasteiger partial charge < -0.3 is 15.1 Å². The third kappa shape index (κ3) is 5.31. The second-order valence-corrected chi connectivity index (χ2v) is 10.8. The van der Waals surface area contributed by atoms with Crippen LogP contribution in [0.4, 0.5) is 18.0 Å². The number of piperidine rings is 1. The summed E-state index contributed by atoms with van der Waals surface area (Å²) in [5.41, 5.74) is -0.740. The Labute approximate surface area is 221 Å². The molecule has 2 atom stereocenters. The van der Waals surface area contributed by atoms with Gasteiger partial charge in [-0.05, 0) is 42.7 Å². The van der Waals surface area contributed by atoms with Crippen LogP contribution in [0.2, 0.25) is 0 Å². The molecular formula is C28H35F3N4O3. The van der Waals surface area contributed by atoms with Gasteiger partial charge in [0.2, 0.25) is 5.91 Å². The summed E-state index contributed by atoms with van der Waals surface area (Å²) >= 11 is 0. The van der Waals surface area contributed by atoms with Crippen molar-refractivity contribution in [2.24, 2.45) is 11.8 Å². The molecule has 38 heavy (non-hydrogen) atoms. The average molecular weight is 533 g/mol. The van der Waals surface area contributed by atoms with Crippen molar-refractivity contribution in [3.05, 3.63) is 59.3 Å². The van der Waals surface area contributed by atoms with Gasteiger partial charge in [0.1, 0.15) is 6.04 Å². The van der Waals surface area contributed by atoms with Crippen molar-refractivity contribution in [3.63, 3.8) is 0 Å². The molecule has 10 heteroatoms. The van der Waals surface area contributed by atoms with E-state index >= 15 is 0 Å². The number of likely N-dealkylation sites (tertiary alicyclic amines) is 1. The van der Waals surface area contributed by atoms with Crippen LogP contribution in [0.3, 0.4) is 0 Å². The summed E-state index contributed by atoms with van der Waals surface area (Å²) < 4.78 is 41.8. The predicted octanol–water partition coefficient (Wildman–Crippen LogP) is 4.73. The van der Waals surface area contributed by atoms with Crippen LogP contribution in [0.5, 0.6) is 0 Å². The van der Waals surface area contributed by atoms with Crippen LogP contribution in [-0.4, -0.2) is 64.8 Å². The van der Waals surface area contributed by atoms with E-state index in [-0.39, 0.29) is 36.1 Å². The minimum Gasteiger partial charge on any atom is -0.341 e. The lowest BCUT2D eigenvalue weighted by Crippen LogP contribution is -2.52. The standard InChI is InChI=1S/C28H35F3N4O3/c1-5-12-34-22-16-35(21(15-17(2)3)25(36)33-13-10-18(4)11-14-33)26(37)23(22)24(32-27(34)38)19-8-6-7-9-20(19)28(29,30)31/h5-9,17-18,21,24H,1,10-16H2,2-4H3,(H,32,38)/t21-,24+/m0/s1. The van der Waals surface area contributed by atoms with Gasteiger partial charge in [0.15, 0.2) is 0 Å². The molecule has 7 nitrogen and oxygen atoms in total. The maximum Gasteiger partial charge on any atom is 0.416 e. The van der Waals surface area contributed by atoms with Crippen LogP contribution < -0.4 is 5.32 Å². The van der Waals surface area contributed by atoms with E-state index in [9.17, 15) is 27.6 Å². The van der Waals surface area contributed by atoms with Crippen LogP contribution in [0.1, 0.15) is 57.2 Å². The van der Waals surface area contributed by atoms with Gasteiger partial charge in [0.25, 0.3) is 5.91 Å². The Balaban J connectivity index is 1.75. The van der Waals surface area contributed by atoms with Crippen molar-refractivity contribution in [3.8, 4) is 0 Å². The molecule has 0 aromatic heterocycles. The van der Waals surface area contributed by atoms with Gasteiger partial charge in [-0.15, -0.1) is 6.58 Å². The second-order valence-electron chi connectivity index (χ2n) is 10.8. The summed E-state index contributed by atoms with van der Waals surface area (Å²) in [6.07, 6.45) is -1.02. The van der Waals surface area contributed by atoms with Crippen LogP contribution in [-0.2, 0) is 15.8 Å². The molecule has 1 aromatic rings. The SMILES string of the molecule is C=CCN1C(=O)N[C@H](c2ccccc2C(F)(F)F)C2=C1CN([C@@H](CC(C)C)C(=O)N1CCC(C)CC1)C2=O. The average Bonchev–Trinajstić information content (AvgIpc) is 3.20. The Morgan fingerprint density at radius 3 is 2.45 bits per heavy atom. The molecule has 4 rings (SSSR count). The predicted molar refractivity (Wildman–Crippen MR) is 137 cm³/mol. The quantitative estimate of drug-likeness (QED) is 0.517. The number of carbonyl (C=O) groups excluding carboxylic acids is 3. The molecule has 0 bridgehead atoms. The third-order valence-electron chi connectivity index (χ3n) is 7.59. The molecular weight excluding hydrogens is 497 g/mol. The van der Waals surface area contributed by atoms with Crippen LogP contribution >= 0.6 is 0 Å². The first-order valence-electron chi connectivity index (χ1n) is 13.1. The minimum atomic E-state index is -4.68. The number of rotatable bonds is 7. The highest BCUT2D eigenvalue weighted by molar-refractivity contribution is 6.03. The molecule has 1 fully saturated rings. The Hall–Kier alpha value is -3.30. The van der Waals surface area contributed by atoms with E-state index < -0.39 is 35.8 Å². The number of alkyl halides is 3. The van der Waals surface area contributed by atoms with Gasteiger partial charge >= 0.3 is 12.2 Å². The van der Waals surface area contributed by atoms with Gasteiger partial charge in [0, 0.05) is 19.6 Å². The minimum absolute atomic E-state index is 0.0342. The van der Waals surface area contributed by atoms with E-state index in [1.165, 1.54) is 34.1 Å². The maximum absolute atomic E-state index is 14.0. The van der Waals surface area contributed by atoms with Crippen molar-refractivity contribution in [2.45, 2.75) is 58.3 Å². The maximum atomic E-state index is 14.0. The fourth-order valence-electron chi connectivity index (χ4n) is 5.58. The fourth-order valence-corrected chi connectivity index (χ4v) is 5.58. The molecule has 0 spiro atoms. The van der Waals surface area contributed by atoms with Gasteiger partial charge in [0.05, 0.1) is 29.4 Å². The Morgan fingerprint density at radius 2 is 1.84 bits per heavy atom. The number of nitrogens with one attached hydrogen (secondary N) is 1. The van der Waals surface area contributed by atoms with Crippen LogP contribution in [0.25, 0.3) is 0 Å². The number of hydrogen-bond donors (Lipinski definition) is 1. The summed E-state index contributed by atoms with van der Waals surface area (Å²) in [5.74, 6) is -0.0751. The number of carbonyl (C=O) groups is 3. The molecule has 0 aliphatic carbocycles. The number of halogens is 3. The van der Waals surface area contributed by atoms with Crippen LogP contribution in [0.15, 0.2) is 48.2 Å². The molecule has 0 saturated carbocycles. The van der Waals surface area contributed by atoms with Crippen molar-refractivity contribution < 1.29 is 27.6 Å². The molecule has 206 valence electrons. The van der Waals surface area contributed by atoms with Crippen molar-refractivity contribution in [1.29, 1.82) is 0 Å². The number of nitrogens with zero attached hydrogens (tertiary/aromatic N) is 3. The fraction of sp³-hybridized carbons (Fsp3) is 0.536. The van der Waals surface area contributed by atoms with E-state index in [4.69, 9.17) is 0 Å².